The molecule has 0 aliphatic carbocycles. The number of ether oxygens (including phenoxy) is 1. The zero-order chi connectivity index (χ0) is 17.8. The molecule has 0 unspecified atom stereocenters. The average Bonchev–Trinajstić information content (AvgIpc) is 3.10. The van der Waals surface area contributed by atoms with Gasteiger partial charge in [0.05, 0.1) is 13.3 Å². The molecule has 1 aliphatic heterocycles. The summed E-state index contributed by atoms with van der Waals surface area (Å²) in [6.07, 6.45) is 6.06. The number of benzene rings is 1. The van der Waals surface area contributed by atoms with E-state index in [-0.39, 0.29) is 11.7 Å². The van der Waals surface area contributed by atoms with E-state index < -0.39 is 0 Å². The van der Waals surface area contributed by atoms with Crippen LogP contribution in [0.3, 0.4) is 0 Å². The number of aromatic nitrogens is 2. The van der Waals surface area contributed by atoms with Crippen molar-refractivity contribution in [2.45, 2.75) is 39.3 Å². The fourth-order valence-corrected chi connectivity index (χ4v) is 3.42. The second-order valence-electron chi connectivity index (χ2n) is 7.09. The van der Waals surface area contributed by atoms with Crippen LogP contribution in [0.1, 0.15) is 48.7 Å². The van der Waals surface area contributed by atoms with Crippen LogP contribution in [0.5, 0.6) is 5.75 Å². The van der Waals surface area contributed by atoms with Gasteiger partial charge in [-0.2, -0.15) is 5.10 Å². The summed E-state index contributed by atoms with van der Waals surface area (Å²) in [4.78, 5) is 15.2. The monoisotopic (exact) mass is 341 g/mol. The van der Waals surface area contributed by atoms with E-state index in [1.54, 1.807) is 7.11 Å². The summed E-state index contributed by atoms with van der Waals surface area (Å²) >= 11 is 0. The molecular formula is C20H27N3O2. The standard InChI is InChI=1S/C20H27N3O2/c1-15(2)23-13-16(11-21-23)12-22-9-5-7-18(14-22)20(24)17-6-4-8-19(10-17)25-3/h4,6,8,10-11,13,15,18H,5,7,9,12,14H2,1-3H3/t18-/m1/s1. The molecule has 1 aromatic carbocycles. The molecule has 2 heterocycles. The Kier molecular flexibility index (Phi) is 5.53. The van der Waals surface area contributed by atoms with E-state index in [0.29, 0.717) is 6.04 Å². The van der Waals surface area contributed by atoms with E-state index >= 15 is 0 Å². The Balaban J connectivity index is 1.64. The van der Waals surface area contributed by atoms with Crippen LogP contribution in [-0.4, -0.2) is 40.7 Å². The van der Waals surface area contributed by atoms with Crippen molar-refractivity contribution >= 4 is 5.78 Å². The predicted octanol–water partition coefficient (Wildman–Crippen LogP) is 3.57. The van der Waals surface area contributed by atoms with E-state index in [2.05, 4.69) is 30.0 Å². The molecule has 134 valence electrons. The van der Waals surface area contributed by atoms with Crippen molar-refractivity contribution in [1.82, 2.24) is 14.7 Å². The van der Waals surface area contributed by atoms with Crippen molar-refractivity contribution in [1.29, 1.82) is 0 Å². The SMILES string of the molecule is COc1cccc(C(=O)[C@@H]2CCCN(Cc3cnn(C(C)C)c3)C2)c1. The molecule has 2 aromatic rings. The Bertz CT molecular complexity index is 723. The van der Waals surface area contributed by atoms with Crippen LogP contribution in [0.25, 0.3) is 0 Å². The minimum absolute atomic E-state index is 0.0565. The second kappa shape index (κ2) is 7.83. The summed E-state index contributed by atoms with van der Waals surface area (Å²) in [5.41, 5.74) is 1.96. The molecular weight excluding hydrogens is 314 g/mol. The molecule has 0 radical (unpaired) electrons. The number of likely N-dealkylation sites (tertiary alicyclic amines) is 1. The van der Waals surface area contributed by atoms with Gasteiger partial charge in [0.2, 0.25) is 0 Å². The van der Waals surface area contributed by atoms with Crippen molar-refractivity contribution < 1.29 is 9.53 Å². The lowest BCUT2D eigenvalue weighted by Crippen LogP contribution is -2.38. The highest BCUT2D eigenvalue weighted by Crippen LogP contribution is 2.24. The maximum absolute atomic E-state index is 12.9. The molecule has 1 saturated heterocycles. The van der Waals surface area contributed by atoms with E-state index in [1.165, 1.54) is 5.56 Å². The van der Waals surface area contributed by atoms with E-state index in [0.717, 1.165) is 43.8 Å². The van der Waals surface area contributed by atoms with Crippen molar-refractivity contribution in [3.05, 3.63) is 47.8 Å². The van der Waals surface area contributed by atoms with Gasteiger partial charge < -0.3 is 4.74 Å². The van der Waals surface area contributed by atoms with Gasteiger partial charge in [-0.1, -0.05) is 12.1 Å². The highest BCUT2D eigenvalue weighted by atomic mass is 16.5. The topological polar surface area (TPSA) is 47.4 Å². The van der Waals surface area contributed by atoms with Gasteiger partial charge in [0.25, 0.3) is 0 Å². The highest BCUT2D eigenvalue weighted by molar-refractivity contribution is 5.98. The third-order valence-corrected chi connectivity index (χ3v) is 4.82. The third kappa shape index (κ3) is 4.28. The molecule has 5 nitrogen and oxygen atoms in total. The van der Waals surface area contributed by atoms with Crippen LogP contribution < -0.4 is 4.74 Å². The molecule has 1 atom stereocenters. The molecule has 0 N–H and O–H groups in total. The highest BCUT2D eigenvalue weighted by Gasteiger charge is 2.27. The molecule has 0 saturated carbocycles. The van der Waals surface area contributed by atoms with Gasteiger partial charge in [-0.05, 0) is 45.4 Å². The maximum atomic E-state index is 12.9. The second-order valence-corrected chi connectivity index (χ2v) is 7.09. The number of carbonyl (C=O) groups is 1. The first-order chi connectivity index (χ1) is 12.1. The average molecular weight is 341 g/mol. The smallest absolute Gasteiger partial charge is 0.167 e. The third-order valence-electron chi connectivity index (χ3n) is 4.82. The molecule has 0 spiro atoms. The summed E-state index contributed by atoms with van der Waals surface area (Å²) in [5, 5.41) is 4.41. The van der Waals surface area contributed by atoms with Gasteiger partial charge in [-0.25, -0.2) is 0 Å². The van der Waals surface area contributed by atoms with E-state index in [1.807, 2.05) is 35.1 Å². The predicted molar refractivity (Wildman–Crippen MR) is 97.9 cm³/mol. The Morgan fingerprint density at radius 2 is 2.24 bits per heavy atom. The molecule has 0 bridgehead atoms. The minimum atomic E-state index is 0.0565. The lowest BCUT2D eigenvalue weighted by molar-refractivity contribution is 0.0811. The molecule has 1 fully saturated rings. The van der Waals surface area contributed by atoms with Gasteiger partial charge in [0, 0.05) is 42.4 Å². The van der Waals surface area contributed by atoms with Crippen LogP contribution in [0, 0.1) is 5.92 Å². The Labute approximate surface area is 149 Å². The van der Waals surface area contributed by atoms with Crippen molar-refractivity contribution in [3.63, 3.8) is 0 Å². The molecule has 1 aliphatic rings. The number of carbonyl (C=O) groups excluding carboxylic acids is 1. The van der Waals surface area contributed by atoms with Crippen LogP contribution in [0.2, 0.25) is 0 Å². The van der Waals surface area contributed by atoms with Crippen molar-refractivity contribution in [3.8, 4) is 5.75 Å². The van der Waals surface area contributed by atoms with Gasteiger partial charge in [0.1, 0.15) is 5.75 Å². The first-order valence-corrected chi connectivity index (χ1v) is 9.00. The Morgan fingerprint density at radius 3 is 2.96 bits per heavy atom. The van der Waals surface area contributed by atoms with Crippen LogP contribution in [-0.2, 0) is 6.54 Å². The van der Waals surface area contributed by atoms with Crippen molar-refractivity contribution in [2.24, 2.45) is 5.92 Å². The first kappa shape index (κ1) is 17.7. The summed E-state index contributed by atoms with van der Waals surface area (Å²) in [6, 6.07) is 7.85. The number of hydrogen-bond donors (Lipinski definition) is 0. The molecule has 25 heavy (non-hydrogen) atoms. The quantitative estimate of drug-likeness (QED) is 0.754. The van der Waals surface area contributed by atoms with Crippen LogP contribution in [0.4, 0.5) is 0 Å². The molecule has 3 rings (SSSR count). The molecule has 1 aromatic heterocycles. The van der Waals surface area contributed by atoms with Crippen molar-refractivity contribution in [2.75, 3.05) is 20.2 Å². The fourth-order valence-electron chi connectivity index (χ4n) is 3.42. The molecule has 0 amide bonds. The van der Waals surface area contributed by atoms with Crippen LogP contribution >= 0.6 is 0 Å². The number of hydrogen-bond acceptors (Lipinski definition) is 4. The summed E-state index contributed by atoms with van der Waals surface area (Å²) in [7, 11) is 1.63. The lowest BCUT2D eigenvalue weighted by Gasteiger charge is -2.31. The van der Waals surface area contributed by atoms with E-state index in [9.17, 15) is 4.79 Å². The normalized spacial score (nSPS) is 18.5. The number of rotatable bonds is 6. The molecule has 5 heteroatoms. The summed E-state index contributed by atoms with van der Waals surface area (Å²) in [5.74, 6) is 1.02. The fraction of sp³-hybridized carbons (Fsp3) is 0.500. The maximum Gasteiger partial charge on any atom is 0.167 e. The zero-order valence-electron chi connectivity index (χ0n) is 15.3. The van der Waals surface area contributed by atoms with Crippen LogP contribution in [0.15, 0.2) is 36.7 Å². The number of methoxy groups -OCH3 is 1. The van der Waals surface area contributed by atoms with Gasteiger partial charge in [0.15, 0.2) is 5.78 Å². The Hall–Kier alpha value is -2.14. The van der Waals surface area contributed by atoms with Gasteiger partial charge >= 0.3 is 0 Å². The zero-order valence-corrected chi connectivity index (χ0v) is 15.3. The number of nitrogens with zero attached hydrogens (tertiary/aromatic N) is 3. The minimum Gasteiger partial charge on any atom is -0.497 e. The van der Waals surface area contributed by atoms with Gasteiger partial charge in [-0.3, -0.25) is 14.4 Å². The van der Waals surface area contributed by atoms with Gasteiger partial charge in [-0.15, -0.1) is 0 Å². The number of Topliss-reactive ketones (excluding diaryl/α,β-unsaturated/α-hetero) is 1. The number of ketones is 1. The largest absolute Gasteiger partial charge is 0.497 e. The van der Waals surface area contributed by atoms with E-state index in [4.69, 9.17) is 4.74 Å². The Morgan fingerprint density at radius 1 is 1.40 bits per heavy atom. The lowest BCUT2D eigenvalue weighted by atomic mass is 9.90. The number of piperidine rings is 1. The first-order valence-electron chi connectivity index (χ1n) is 9.00. The summed E-state index contributed by atoms with van der Waals surface area (Å²) in [6.45, 7) is 6.95. The summed E-state index contributed by atoms with van der Waals surface area (Å²) < 4.78 is 7.23.